The standard InChI is InChI=1S/C19H22ClNO4/c1-13(11-23-2)21-19(22)14-8-9-17(24-3)15(10-14)12-25-18-7-5-4-6-16(18)20/h4-10,13H,11-12H2,1-3H3,(H,21,22)/t13-/m1/s1. The molecule has 1 atom stereocenters. The topological polar surface area (TPSA) is 56.8 Å². The van der Waals surface area contributed by atoms with Gasteiger partial charge in [0.15, 0.2) is 0 Å². The quantitative estimate of drug-likeness (QED) is 0.777. The lowest BCUT2D eigenvalue weighted by molar-refractivity contribution is 0.0905. The zero-order valence-electron chi connectivity index (χ0n) is 14.5. The van der Waals surface area contributed by atoms with Crippen molar-refractivity contribution >= 4 is 17.5 Å². The van der Waals surface area contributed by atoms with Gasteiger partial charge in [-0.05, 0) is 37.3 Å². The molecule has 0 radical (unpaired) electrons. The van der Waals surface area contributed by atoms with E-state index >= 15 is 0 Å². The van der Waals surface area contributed by atoms with Crippen molar-refractivity contribution in [3.8, 4) is 11.5 Å². The minimum atomic E-state index is -0.175. The number of rotatable bonds is 8. The summed E-state index contributed by atoms with van der Waals surface area (Å²) >= 11 is 6.10. The highest BCUT2D eigenvalue weighted by Crippen LogP contribution is 2.26. The van der Waals surface area contributed by atoms with E-state index < -0.39 is 0 Å². The van der Waals surface area contributed by atoms with Gasteiger partial charge in [0.2, 0.25) is 0 Å². The van der Waals surface area contributed by atoms with Gasteiger partial charge >= 0.3 is 0 Å². The van der Waals surface area contributed by atoms with E-state index in [2.05, 4.69) is 5.32 Å². The van der Waals surface area contributed by atoms with Crippen molar-refractivity contribution in [1.82, 2.24) is 5.32 Å². The molecule has 1 amide bonds. The van der Waals surface area contributed by atoms with E-state index in [1.165, 1.54) is 0 Å². The molecule has 6 heteroatoms. The van der Waals surface area contributed by atoms with Crippen LogP contribution in [0.1, 0.15) is 22.8 Å². The summed E-state index contributed by atoms with van der Waals surface area (Å²) in [5.41, 5.74) is 1.29. The Kier molecular flexibility index (Phi) is 7.10. The second kappa shape index (κ2) is 9.30. The average Bonchev–Trinajstić information content (AvgIpc) is 2.61. The van der Waals surface area contributed by atoms with Gasteiger partial charge < -0.3 is 19.5 Å². The van der Waals surface area contributed by atoms with Crippen molar-refractivity contribution < 1.29 is 19.0 Å². The number of nitrogens with one attached hydrogen (secondary N) is 1. The maximum atomic E-state index is 12.3. The summed E-state index contributed by atoms with van der Waals surface area (Å²) in [4.78, 5) is 12.3. The molecule has 1 N–H and O–H groups in total. The van der Waals surface area contributed by atoms with E-state index in [0.717, 1.165) is 5.56 Å². The lowest BCUT2D eigenvalue weighted by Crippen LogP contribution is -2.35. The average molecular weight is 364 g/mol. The molecule has 5 nitrogen and oxygen atoms in total. The summed E-state index contributed by atoms with van der Waals surface area (Å²) in [6.07, 6.45) is 0. The maximum absolute atomic E-state index is 12.3. The SMILES string of the molecule is COC[C@@H](C)NC(=O)c1ccc(OC)c(COc2ccccc2Cl)c1. The Morgan fingerprint density at radius 2 is 1.92 bits per heavy atom. The van der Waals surface area contributed by atoms with E-state index in [0.29, 0.717) is 28.7 Å². The van der Waals surface area contributed by atoms with Crippen molar-refractivity contribution in [3.63, 3.8) is 0 Å². The third-order valence-corrected chi connectivity index (χ3v) is 3.87. The largest absolute Gasteiger partial charge is 0.496 e. The fraction of sp³-hybridized carbons (Fsp3) is 0.316. The van der Waals surface area contributed by atoms with Gasteiger partial charge in [0.05, 0.1) is 18.7 Å². The zero-order valence-corrected chi connectivity index (χ0v) is 15.3. The molecule has 2 aromatic rings. The summed E-state index contributed by atoms with van der Waals surface area (Å²) in [6.45, 7) is 2.57. The second-order valence-corrected chi connectivity index (χ2v) is 5.98. The Balaban J connectivity index is 2.13. The van der Waals surface area contributed by atoms with Crippen LogP contribution in [0.5, 0.6) is 11.5 Å². The highest BCUT2D eigenvalue weighted by molar-refractivity contribution is 6.32. The van der Waals surface area contributed by atoms with Crippen molar-refractivity contribution in [2.24, 2.45) is 0 Å². The number of carbonyl (C=O) groups excluding carboxylic acids is 1. The van der Waals surface area contributed by atoms with Gasteiger partial charge in [-0.3, -0.25) is 4.79 Å². The maximum Gasteiger partial charge on any atom is 0.251 e. The van der Waals surface area contributed by atoms with Crippen molar-refractivity contribution in [1.29, 1.82) is 0 Å². The molecule has 0 heterocycles. The molecule has 0 saturated carbocycles. The van der Waals surface area contributed by atoms with E-state index in [4.69, 9.17) is 25.8 Å². The van der Waals surface area contributed by atoms with Gasteiger partial charge in [-0.1, -0.05) is 23.7 Å². The van der Waals surface area contributed by atoms with Gasteiger partial charge in [0, 0.05) is 24.3 Å². The third-order valence-electron chi connectivity index (χ3n) is 3.56. The highest BCUT2D eigenvalue weighted by atomic mass is 35.5. The minimum absolute atomic E-state index is 0.0811. The molecule has 2 rings (SSSR count). The van der Waals surface area contributed by atoms with Gasteiger partial charge in [0.1, 0.15) is 18.1 Å². The summed E-state index contributed by atoms with van der Waals surface area (Å²) in [6, 6.07) is 12.4. The van der Waals surface area contributed by atoms with Gasteiger partial charge in [-0.2, -0.15) is 0 Å². The fourth-order valence-electron chi connectivity index (χ4n) is 2.35. The van der Waals surface area contributed by atoms with Crippen molar-refractivity contribution in [2.45, 2.75) is 19.6 Å². The highest BCUT2D eigenvalue weighted by Gasteiger charge is 2.13. The number of carbonyl (C=O) groups is 1. The molecule has 0 bridgehead atoms. The lowest BCUT2D eigenvalue weighted by Gasteiger charge is -2.15. The summed E-state index contributed by atoms with van der Waals surface area (Å²) < 4.78 is 16.1. The van der Waals surface area contributed by atoms with Crippen molar-refractivity contribution in [3.05, 3.63) is 58.6 Å². The molecule has 0 unspecified atom stereocenters. The first kappa shape index (κ1) is 19.1. The van der Waals surface area contributed by atoms with Gasteiger partial charge in [-0.15, -0.1) is 0 Å². The van der Waals surface area contributed by atoms with Crippen LogP contribution in [-0.4, -0.2) is 32.8 Å². The zero-order chi connectivity index (χ0) is 18.2. The number of amides is 1. The molecule has 0 saturated heterocycles. The van der Waals surface area contributed by atoms with Gasteiger partial charge in [0.25, 0.3) is 5.91 Å². The molecule has 134 valence electrons. The Hall–Kier alpha value is -2.24. The normalized spacial score (nSPS) is 11.7. The monoisotopic (exact) mass is 363 g/mol. The molecular formula is C19H22ClNO4. The van der Waals surface area contributed by atoms with Crippen LogP contribution in [0.25, 0.3) is 0 Å². The fourth-order valence-corrected chi connectivity index (χ4v) is 2.54. The summed E-state index contributed by atoms with van der Waals surface area (Å²) in [5.74, 6) is 1.05. The Labute approximate surface area is 152 Å². The van der Waals surface area contributed by atoms with E-state index in [1.54, 1.807) is 44.6 Å². The molecule has 0 aliphatic rings. The van der Waals surface area contributed by atoms with E-state index in [9.17, 15) is 4.79 Å². The molecule has 0 fully saturated rings. The predicted octanol–water partition coefficient (Wildman–Crippen LogP) is 3.69. The van der Waals surface area contributed by atoms with Crippen LogP contribution in [0.3, 0.4) is 0 Å². The smallest absolute Gasteiger partial charge is 0.251 e. The molecule has 0 aromatic heterocycles. The molecular weight excluding hydrogens is 342 g/mol. The predicted molar refractivity (Wildman–Crippen MR) is 97.6 cm³/mol. The van der Waals surface area contributed by atoms with Crippen LogP contribution in [0.2, 0.25) is 5.02 Å². The van der Waals surface area contributed by atoms with Crippen molar-refractivity contribution in [2.75, 3.05) is 20.8 Å². The molecule has 0 aliphatic carbocycles. The van der Waals surface area contributed by atoms with Crippen LogP contribution < -0.4 is 14.8 Å². The molecule has 0 aliphatic heterocycles. The second-order valence-electron chi connectivity index (χ2n) is 5.58. The summed E-state index contributed by atoms with van der Waals surface area (Å²) in [5, 5.41) is 3.41. The first-order chi connectivity index (χ1) is 12.0. The van der Waals surface area contributed by atoms with Crippen LogP contribution >= 0.6 is 11.6 Å². The number of hydrogen-bond donors (Lipinski definition) is 1. The number of methoxy groups -OCH3 is 2. The number of para-hydroxylation sites is 1. The summed E-state index contributed by atoms with van der Waals surface area (Å²) in [7, 11) is 3.18. The van der Waals surface area contributed by atoms with E-state index in [-0.39, 0.29) is 18.6 Å². The van der Waals surface area contributed by atoms with Crippen LogP contribution in [0.15, 0.2) is 42.5 Å². The first-order valence-electron chi connectivity index (χ1n) is 7.89. The minimum Gasteiger partial charge on any atom is -0.496 e. The Bertz CT molecular complexity index is 720. The van der Waals surface area contributed by atoms with Gasteiger partial charge in [-0.25, -0.2) is 0 Å². The van der Waals surface area contributed by atoms with Crippen LogP contribution in [0, 0.1) is 0 Å². The first-order valence-corrected chi connectivity index (χ1v) is 8.27. The molecule has 0 spiro atoms. The van der Waals surface area contributed by atoms with E-state index in [1.807, 2.05) is 19.1 Å². The Morgan fingerprint density at radius 3 is 2.60 bits per heavy atom. The molecule has 2 aromatic carbocycles. The van der Waals surface area contributed by atoms with Crippen LogP contribution in [-0.2, 0) is 11.3 Å². The number of benzene rings is 2. The van der Waals surface area contributed by atoms with Crippen LogP contribution in [0.4, 0.5) is 0 Å². The number of halogens is 1. The Morgan fingerprint density at radius 1 is 1.16 bits per heavy atom. The third kappa shape index (κ3) is 5.37. The number of ether oxygens (including phenoxy) is 3. The number of hydrogen-bond acceptors (Lipinski definition) is 4. The lowest BCUT2D eigenvalue weighted by atomic mass is 10.1. The molecule has 25 heavy (non-hydrogen) atoms.